The highest BCUT2D eigenvalue weighted by Crippen LogP contribution is 2.41. The fraction of sp³-hybridized carbons (Fsp3) is 0.304. The Morgan fingerprint density at radius 3 is 2.76 bits per heavy atom. The summed E-state index contributed by atoms with van der Waals surface area (Å²) in [5.74, 6) is 1.35. The van der Waals surface area contributed by atoms with E-state index in [2.05, 4.69) is 15.3 Å². The third-order valence-corrected chi connectivity index (χ3v) is 6.04. The lowest BCUT2D eigenvalue weighted by molar-refractivity contribution is -0.122. The maximum absolute atomic E-state index is 14.7. The number of ether oxygens (including phenoxy) is 2. The number of hydrogen-bond donors (Lipinski definition) is 1. The summed E-state index contributed by atoms with van der Waals surface area (Å²) in [6.07, 6.45) is 4.80. The Morgan fingerprint density at radius 1 is 1.21 bits per heavy atom. The summed E-state index contributed by atoms with van der Waals surface area (Å²) in [5, 5.41) is 20.0. The molecule has 33 heavy (non-hydrogen) atoms. The number of pyridine rings is 1. The predicted octanol–water partition coefficient (Wildman–Crippen LogP) is 3.11. The van der Waals surface area contributed by atoms with Crippen molar-refractivity contribution >= 4 is 12.1 Å². The molecule has 0 bridgehead atoms. The Morgan fingerprint density at radius 2 is 2.00 bits per heavy atom. The van der Waals surface area contributed by atoms with Crippen LogP contribution >= 0.6 is 0 Å². The fourth-order valence-electron chi connectivity index (χ4n) is 4.54. The molecule has 10 heteroatoms. The molecule has 0 aliphatic carbocycles. The summed E-state index contributed by atoms with van der Waals surface area (Å²) in [4.78, 5) is 8.36. The van der Waals surface area contributed by atoms with Gasteiger partial charge < -0.3 is 14.6 Å². The van der Waals surface area contributed by atoms with Crippen molar-refractivity contribution in [2.75, 3.05) is 13.2 Å². The molecular weight excluding hydrogens is 429 g/mol. The van der Waals surface area contributed by atoms with Gasteiger partial charge in [-0.25, -0.2) is 4.39 Å². The number of halogens is 1. The summed E-state index contributed by atoms with van der Waals surface area (Å²) in [6.45, 7) is 3.51. The number of benzene rings is 1. The van der Waals surface area contributed by atoms with Gasteiger partial charge in [0.1, 0.15) is 23.6 Å². The zero-order chi connectivity index (χ0) is 22.9. The van der Waals surface area contributed by atoms with Crippen molar-refractivity contribution in [1.82, 2.24) is 24.4 Å². The van der Waals surface area contributed by atoms with Crippen molar-refractivity contribution in [3.63, 3.8) is 0 Å². The number of nitrogens with zero attached hydrogens (tertiary/aromatic N) is 5. The number of hydrogen-bond acceptors (Lipinski definition) is 6. The molecule has 0 spiro atoms. The standard InChI is InChI=1S/C22H20FN5O2.CH2O2/c1-2-27-8-7-17(26-27)15-9-20-18(28-12-24-25-22(15)28)5-3-14-16(23)4-6-19-21(14)13(10-29-19)11-30-20;2-1-3/h4,6-9,12-13H,2-3,5,10-11H2,1H3;1H,(H,2,3)/t13-;/m1./s1. The van der Waals surface area contributed by atoms with Gasteiger partial charge in [0.2, 0.25) is 0 Å². The van der Waals surface area contributed by atoms with Crippen LogP contribution in [0.15, 0.2) is 36.8 Å². The minimum absolute atomic E-state index is 0.0102. The maximum Gasteiger partial charge on any atom is 0.290 e. The van der Waals surface area contributed by atoms with Crippen molar-refractivity contribution in [1.29, 1.82) is 0 Å². The Balaban J connectivity index is 0.000000724. The molecule has 0 fully saturated rings. The Labute approximate surface area is 188 Å². The van der Waals surface area contributed by atoms with E-state index in [1.807, 2.05) is 34.3 Å². The summed E-state index contributed by atoms with van der Waals surface area (Å²) < 4.78 is 30.6. The lowest BCUT2D eigenvalue weighted by Crippen LogP contribution is -2.13. The molecule has 4 aromatic rings. The third-order valence-electron chi connectivity index (χ3n) is 6.04. The van der Waals surface area contributed by atoms with Crippen LogP contribution < -0.4 is 9.47 Å². The normalized spacial score (nSPS) is 16.2. The van der Waals surface area contributed by atoms with E-state index in [9.17, 15) is 4.39 Å². The molecule has 2 aliphatic heterocycles. The van der Waals surface area contributed by atoms with Crippen molar-refractivity contribution in [3.8, 4) is 22.8 Å². The molecule has 0 saturated carbocycles. The van der Waals surface area contributed by atoms with E-state index in [4.69, 9.17) is 19.4 Å². The van der Waals surface area contributed by atoms with Crippen LogP contribution in [0, 0.1) is 5.82 Å². The van der Waals surface area contributed by atoms with Crippen molar-refractivity contribution in [2.45, 2.75) is 32.2 Å². The first-order valence-electron chi connectivity index (χ1n) is 10.7. The van der Waals surface area contributed by atoms with Gasteiger partial charge in [0.25, 0.3) is 6.47 Å². The fourth-order valence-corrected chi connectivity index (χ4v) is 4.54. The molecule has 1 N–H and O–H groups in total. The highest BCUT2D eigenvalue weighted by molar-refractivity contribution is 5.76. The van der Waals surface area contributed by atoms with E-state index in [1.165, 1.54) is 6.07 Å². The van der Waals surface area contributed by atoms with Gasteiger partial charge in [-0.3, -0.25) is 13.9 Å². The first-order chi connectivity index (χ1) is 16.1. The Hall–Kier alpha value is -3.95. The largest absolute Gasteiger partial charge is 0.493 e. The molecule has 170 valence electrons. The lowest BCUT2D eigenvalue weighted by atomic mass is 9.93. The van der Waals surface area contributed by atoms with Crippen LogP contribution in [0.5, 0.6) is 11.5 Å². The van der Waals surface area contributed by atoms with Crippen LogP contribution in [0.3, 0.4) is 0 Å². The number of carbonyl (C=O) groups is 1. The number of aromatic nitrogens is 5. The van der Waals surface area contributed by atoms with E-state index >= 15 is 0 Å². The average molecular weight is 451 g/mol. The summed E-state index contributed by atoms with van der Waals surface area (Å²) in [7, 11) is 0. The van der Waals surface area contributed by atoms with Crippen LogP contribution in [0.25, 0.3) is 16.9 Å². The van der Waals surface area contributed by atoms with Crippen LogP contribution in [-0.4, -0.2) is 49.2 Å². The van der Waals surface area contributed by atoms with E-state index < -0.39 is 0 Å². The van der Waals surface area contributed by atoms with Crippen molar-refractivity contribution in [3.05, 3.63) is 59.4 Å². The molecule has 2 aliphatic rings. The molecule has 1 aromatic carbocycles. The number of fused-ring (bicyclic) bond motifs is 3. The summed E-state index contributed by atoms with van der Waals surface area (Å²) in [6, 6.07) is 7.18. The SMILES string of the molecule is CCn1ccc(-c2cc3c(n4cnnc24)CCc2c(F)ccc4c2[C@H](CO4)CO3)n1.O=CO. The van der Waals surface area contributed by atoms with Crippen molar-refractivity contribution in [2.24, 2.45) is 0 Å². The van der Waals surface area contributed by atoms with Gasteiger partial charge in [-0.15, -0.1) is 10.2 Å². The summed E-state index contributed by atoms with van der Waals surface area (Å²) in [5.41, 5.74) is 5.01. The van der Waals surface area contributed by atoms with Crippen LogP contribution in [0.2, 0.25) is 0 Å². The van der Waals surface area contributed by atoms with E-state index in [0.717, 1.165) is 51.8 Å². The second kappa shape index (κ2) is 8.53. The Bertz CT molecular complexity index is 1330. The van der Waals surface area contributed by atoms with Crippen LogP contribution in [-0.2, 0) is 24.2 Å². The van der Waals surface area contributed by atoms with Gasteiger partial charge in [-0.2, -0.15) is 5.10 Å². The molecular formula is C23H22FN5O4. The van der Waals surface area contributed by atoms with Gasteiger partial charge in [-0.1, -0.05) is 0 Å². The molecule has 0 unspecified atom stereocenters. The monoisotopic (exact) mass is 451 g/mol. The van der Waals surface area contributed by atoms with Crippen molar-refractivity contribution < 1.29 is 23.8 Å². The highest BCUT2D eigenvalue weighted by atomic mass is 19.1. The predicted molar refractivity (Wildman–Crippen MR) is 116 cm³/mol. The second-order valence-electron chi connectivity index (χ2n) is 7.81. The number of rotatable bonds is 2. The smallest absolute Gasteiger partial charge is 0.290 e. The van der Waals surface area contributed by atoms with Gasteiger partial charge in [0.05, 0.1) is 36.1 Å². The quantitative estimate of drug-likeness (QED) is 0.467. The third kappa shape index (κ3) is 3.57. The van der Waals surface area contributed by atoms with Crippen LogP contribution in [0.4, 0.5) is 4.39 Å². The minimum Gasteiger partial charge on any atom is -0.493 e. The van der Waals surface area contributed by atoms with E-state index in [1.54, 1.807) is 12.4 Å². The second-order valence-corrected chi connectivity index (χ2v) is 7.81. The van der Waals surface area contributed by atoms with Crippen LogP contribution in [0.1, 0.15) is 29.7 Å². The summed E-state index contributed by atoms with van der Waals surface area (Å²) >= 11 is 0. The van der Waals surface area contributed by atoms with E-state index in [0.29, 0.717) is 26.1 Å². The molecule has 9 nitrogen and oxygen atoms in total. The average Bonchev–Trinajstić information content (AvgIpc) is 3.57. The molecule has 0 saturated heterocycles. The van der Waals surface area contributed by atoms with Gasteiger partial charge in [0.15, 0.2) is 5.65 Å². The first kappa shape index (κ1) is 20.9. The minimum atomic E-state index is -0.250. The lowest BCUT2D eigenvalue weighted by Gasteiger charge is -2.15. The molecule has 1 atom stereocenters. The first-order valence-corrected chi connectivity index (χ1v) is 10.7. The molecule has 5 heterocycles. The van der Waals surface area contributed by atoms with Gasteiger partial charge in [0, 0.05) is 18.3 Å². The Kier molecular flexibility index (Phi) is 5.41. The highest BCUT2D eigenvalue weighted by Gasteiger charge is 2.31. The maximum atomic E-state index is 14.7. The molecule has 0 amide bonds. The molecule has 0 radical (unpaired) electrons. The molecule has 3 aromatic heterocycles. The van der Waals surface area contributed by atoms with Gasteiger partial charge >= 0.3 is 0 Å². The number of carboxylic acid groups (broad SMARTS) is 1. The number of aryl methyl sites for hydroxylation is 2. The molecule has 6 rings (SSSR count). The van der Waals surface area contributed by atoms with Gasteiger partial charge in [-0.05, 0) is 49.6 Å². The zero-order valence-electron chi connectivity index (χ0n) is 17.9. The zero-order valence-corrected chi connectivity index (χ0v) is 17.9. The topological polar surface area (TPSA) is 104 Å². The van der Waals surface area contributed by atoms with E-state index in [-0.39, 0.29) is 18.2 Å².